The molecule has 0 saturated carbocycles. The third-order valence-corrected chi connectivity index (χ3v) is 3.97. The Kier molecular flexibility index (Phi) is 10.4. The number of guanidine groups is 1. The lowest BCUT2D eigenvalue weighted by molar-refractivity contribution is -0.117. The van der Waals surface area contributed by atoms with Crippen LogP contribution in [0, 0.1) is 0 Å². The minimum absolute atomic E-state index is 0. The van der Waals surface area contributed by atoms with Gasteiger partial charge in [-0.3, -0.25) is 14.6 Å². The van der Waals surface area contributed by atoms with E-state index in [1.54, 1.807) is 39.5 Å². The van der Waals surface area contributed by atoms with Gasteiger partial charge in [0.05, 0.1) is 20.8 Å². The fourth-order valence-electron chi connectivity index (χ4n) is 2.46. The van der Waals surface area contributed by atoms with Crippen molar-refractivity contribution in [3.05, 3.63) is 53.6 Å². The van der Waals surface area contributed by atoms with Crippen molar-refractivity contribution in [1.82, 2.24) is 10.6 Å². The minimum Gasteiger partial charge on any atom is -0.493 e. The van der Waals surface area contributed by atoms with Crippen LogP contribution in [-0.2, 0) is 11.3 Å². The third-order valence-electron chi connectivity index (χ3n) is 3.97. The van der Waals surface area contributed by atoms with Gasteiger partial charge in [0.15, 0.2) is 17.5 Å². The van der Waals surface area contributed by atoms with E-state index in [-0.39, 0.29) is 36.4 Å². The van der Waals surface area contributed by atoms with Gasteiger partial charge in [-0.15, -0.1) is 24.0 Å². The summed E-state index contributed by atoms with van der Waals surface area (Å²) in [4.78, 5) is 26.8. The topological polar surface area (TPSA) is 127 Å². The van der Waals surface area contributed by atoms with Gasteiger partial charge in [-0.05, 0) is 29.8 Å². The Labute approximate surface area is 192 Å². The second-order valence-corrected chi connectivity index (χ2v) is 5.97. The highest BCUT2D eigenvalue weighted by Gasteiger charge is 2.08. The second-order valence-electron chi connectivity index (χ2n) is 5.97. The Morgan fingerprint density at radius 2 is 1.67 bits per heavy atom. The summed E-state index contributed by atoms with van der Waals surface area (Å²) in [5, 5.41) is 8.82. The fourth-order valence-corrected chi connectivity index (χ4v) is 2.46. The number of methoxy groups -OCH3 is 2. The Hall–Kier alpha value is -3.02. The maximum absolute atomic E-state index is 11.9. The SMILES string of the molecule is CN=C(NCc1ccc(C(=O)NCC(N)=O)cc1)Nc1ccc(OC)c(OC)c1.I. The summed E-state index contributed by atoms with van der Waals surface area (Å²) >= 11 is 0. The molecule has 0 atom stereocenters. The summed E-state index contributed by atoms with van der Waals surface area (Å²) in [6, 6.07) is 12.5. The van der Waals surface area contributed by atoms with Crippen molar-refractivity contribution in [2.24, 2.45) is 10.7 Å². The summed E-state index contributed by atoms with van der Waals surface area (Å²) in [5.41, 5.74) is 7.20. The number of nitrogens with zero attached hydrogens (tertiary/aromatic N) is 1. The molecule has 9 nitrogen and oxygen atoms in total. The van der Waals surface area contributed by atoms with Gasteiger partial charge in [0.25, 0.3) is 5.91 Å². The molecule has 0 aliphatic carbocycles. The Morgan fingerprint density at radius 3 is 2.23 bits per heavy atom. The molecule has 5 N–H and O–H groups in total. The number of hydrogen-bond acceptors (Lipinski definition) is 5. The molecule has 0 aromatic heterocycles. The molecule has 162 valence electrons. The highest BCUT2D eigenvalue weighted by molar-refractivity contribution is 14.0. The van der Waals surface area contributed by atoms with E-state index in [9.17, 15) is 9.59 Å². The number of rotatable bonds is 8. The highest BCUT2D eigenvalue weighted by atomic mass is 127. The van der Waals surface area contributed by atoms with Gasteiger partial charge < -0.3 is 31.2 Å². The molecular formula is C20H26IN5O4. The first-order chi connectivity index (χ1) is 14.0. The molecule has 0 bridgehead atoms. The lowest BCUT2D eigenvalue weighted by Gasteiger charge is -2.14. The summed E-state index contributed by atoms with van der Waals surface area (Å²) in [6.07, 6.45) is 0. The van der Waals surface area contributed by atoms with E-state index in [0.717, 1.165) is 11.3 Å². The predicted octanol–water partition coefficient (Wildman–Crippen LogP) is 1.72. The molecule has 0 aliphatic heterocycles. The summed E-state index contributed by atoms with van der Waals surface area (Å²) in [6.45, 7) is 0.302. The summed E-state index contributed by atoms with van der Waals surface area (Å²) in [5.74, 6) is 0.876. The molecule has 0 unspecified atom stereocenters. The van der Waals surface area contributed by atoms with Gasteiger partial charge in [-0.1, -0.05) is 12.1 Å². The molecule has 0 heterocycles. The van der Waals surface area contributed by atoms with Crippen LogP contribution in [0.2, 0.25) is 0 Å². The molecule has 0 radical (unpaired) electrons. The van der Waals surface area contributed by atoms with Crippen molar-refractivity contribution in [2.45, 2.75) is 6.54 Å². The van der Waals surface area contributed by atoms with Crippen molar-refractivity contribution in [1.29, 1.82) is 0 Å². The van der Waals surface area contributed by atoms with Crippen molar-refractivity contribution in [3.8, 4) is 11.5 Å². The molecule has 30 heavy (non-hydrogen) atoms. The molecule has 0 spiro atoms. The zero-order chi connectivity index (χ0) is 21.2. The number of nitrogens with one attached hydrogen (secondary N) is 3. The zero-order valence-corrected chi connectivity index (χ0v) is 19.4. The molecule has 2 aromatic rings. The molecule has 0 fully saturated rings. The van der Waals surface area contributed by atoms with Crippen LogP contribution >= 0.6 is 24.0 Å². The normalized spacial score (nSPS) is 10.4. The number of halogens is 1. The molecule has 2 rings (SSSR count). The third kappa shape index (κ3) is 7.43. The standard InChI is InChI=1S/C20H25N5O4.HI/c1-22-20(25-15-8-9-16(28-2)17(10-15)29-3)24-11-13-4-6-14(7-5-13)19(27)23-12-18(21)26;/h4-10H,11-12H2,1-3H3,(H2,21,26)(H,23,27)(H2,22,24,25);1H. The molecule has 0 aliphatic rings. The minimum atomic E-state index is -0.590. The Bertz CT molecular complexity index is 887. The highest BCUT2D eigenvalue weighted by Crippen LogP contribution is 2.29. The van der Waals surface area contributed by atoms with Gasteiger partial charge in [-0.2, -0.15) is 0 Å². The van der Waals surface area contributed by atoms with Crippen LogP contribution in [-0.4, -0.2) is 45.6 Å². The van der Waals surface area contributed by atoms with E-state index in [1.165, 1.54) is 0 Å². The van der Waals surface area contributed by atoms with Crippen LogP contribution in [0.3, 0.4) is 0 Å². The summed E-state index contributed by atoms with van der Waals surface area (Å²) in [7, 11) is 4.83. The smallest absolute Gasteiger partial charge is 0.251 e. The van der Waals surface area contributed by atoms with Crippen molar-refractivity contribution in [3.63, 3.8) is 0 Å². The van der Waals surface area contributed by atoms with E-state index in [1.807, 2.05) is 24.3 Å². The van der Waals surface area contributed by atoms with Crippen LogP contribution in [0.5, 0.6) is 11.5 Å². The maximum Gasteiger partial charge on any atom is 0.251 e. The van der Waals surface area contributed by atoms with Crippen molar-refractivity contribution in [2.75, 3.05) is 33.1 Å². The van der Waals surface area contributed by atoms with E-state index < -0.39 is 5.91 Å². The number of carbonyl (C=O) groups is 2. The van der Waals surface area contributed by atoms with Gasteiger partial charge in [0.2, 0.25) is 5.91 Å². The maximum atomic E-state index is 11.9. The number of anilines is 1. The van der Waals surface area contributed by atoms with Crippen LogP contribution < -0.4 is 31.2 Å². The van der Waals surface area contributed by atoms with E-state index >= 15 is 0 Å². The number of benzene rings is 2. The quantitative estimate of drug-likeness (QED) is 0.235. The van der Waals surface area contributed by atoms with Gasteiger partial charge in [0.1, 0.15) is 0 Å². The largest absolute Gasteiger partial charge is 0.493 e. The molecular weight excluding hydrogens is 501 g/mol. The first-order valence-electron chi connectivity index (χ1n) is 8.82. The Morgan fingerprint density at radius 1 is 1.00 bits per heavy atom. The zero-order valence-electron chi connectivity index (χ0n) is 17.0. The average molecular weight is 527 g/mol. The number of primary amides is 1. The number of carbonyl (C=O) groups excluding carboxylic acids is 2. The van der Waals surface area contributed by atoms with Gasteiger partial charge in [-0.25, -0.2) is 0 Å². The van der Waals surface area contributed by atoms with Crippen LogP contribution in [0.1, 0.15) is 15.9 Å². The number of aliphatic imine (C=N–C) groups is 1. The predicted molar refractivity (Wildman–Crippen MR) is 127 cm³/mol. The number of ether oxygens (including phenoxy) is 2. The first kappa shape index (κ1) is 25.0. The van der Waals surface area contributed by atoms with E-state index in [2.05, 4.69) is 20.9 Å². The van der Waals surface area contributed by atoms with Gasteiger partial charge >= 0.3 is 0 Å². The van der Waals surface area contributed by atoms with E-state index in [4.69, 9.17) is 15.2 Å². The number of amides is 2. The second kappa shape index (κ2) is 12.5. The molecule has 10 heteroatoms. The lowest BCUT2D eigenvalue weighted by Crippen LogP contribution is -2.33. The number of hydrogen-bond donors (Lipinski definition) is 4. The van der Waals surface area contributed by atoms with Crippen molar-refractivity contribution < 1.29 is 19.1 Å². The average Bonchev–Trinajstić information content (AvgIpc) is 2.75. The monoisotopic (exact) mass is 527 g/mol. The van der Waals surface area contributed by atoms with Crippen LogP contribution in [0.15, 0.2) is 47.5 Å². The Balaban J connectivity index is 0.00000450. The van der Waals surface area contributed by atoms with Crippen molar-refractivity contribution >= 4 is 47.4 Å². The van der Waals surface area contributed by atoms with E-state index in [0.29, 0.717) is 29.6 Å². The number of nitrogens with two attached hydrogens (primary N) is 1. The van der Waals surface area contributed by atoms with Crippen LogP contribution in [0.4, 0.5) is 5.69 Å². The molecule has 0 saturated heterocycles. The lowest BCUT2D eigenvalue weighted by atomic mass is 10.1. The first-order valence-corrected chi connectivity index (χ1v) is 8.82. The van der Waals surface area contributed by atoms with Gasteiger partial charge in [0, 0.05) is 30.9 Å². The molecule has 2 amide bonds. The fraction of sp³-hybridized carbons (Fsp3) is 0.250. The summed E-state index contributed by atoms with van der Waals surface area (Å²) < 4.78 is 10.5. The van der Waals surface area contributed by atoms with Crippen LogP contribution in [0.25, 0.3) is 0 Å². The molecule has 2 aromatic carbocycles.